The minimum Gasteiger partial charge on any atom is -0.322 e. The quantitative estimate of drug-likeness (QED) is 0.497. The van der Waals surface area contributed by atoms with Crippen LogP contribution < -0.4 is 11.3 Å². The van der Waals surface area contributed by atoms with Gasteiger partial charge in [0.15, 0.2) is 5.57 Å². The van der Waals surface area contributed by atoms with Crippen molar-refractivity contribution in [1.82, 2.24) is 5.43 Å². The molecular weight excluding hydrogens is 282 g/mol. The molecule has 3 N–H and O–H groups in total. The van der Waals surface area contributed by atoms with Gasteiger partial charge >= 0.3 is 0 Å². The Hall–Kier alpha value is -1.43. The van der Waals surface area contributed by atoms with Gasteiger partial charge in [0.1, 0.15) is 12.1 Å². The van der Waals surface area contributed by atoms with Gasteiger partial charge in [0.25, 0.3) is 0 Å². The number of allylic oxidation sites excluding steroid dienone is 1. The second-order valence-corrected chi connectivity index (χ2v) is 4.11. The molecule has 86 valence electrons. The summed E-state index contributed by atoms with van der Waals surface area (Å²) in [7, 11) is 0. The Balaban J connectivity index is 3.60. The van der Waals surface area contributed by atoms with Crippen LogP contribution in [0.25, 0.3) is 5.70 Å². The lowest BCUT2D eigenvalue weighted by Crippen LogP contribution is -2.21. The van der Waals surface area contributed by atoms with E-state index in [4.69, 9.17) is 51.2 Å². The topological polar surface area (TPSA) is 85.6 Å². The van der Waals surface area contributed by atoms with Gasteiger partial charge in [-0.1, -0.05) is 34.8 Å². The van der Waals surface area contributed by atoms with Gasteiger partial charge in [-0.3, -0.25) is 5.84 Å². The summed E-state index contributed by atoms with van der Waals surface area (Å²) in [5.74, 6) is 5.27. The number of nitrogens with one attached hydrogen (secondary N) is 1. The second kappa shape index (κ2) is 5.77. The number of nitrogens with zero attached hydrogens (tertiary/aromatic N) is 2. The van der Waals surface area contributed by atoms with Gasteiger partial charge < -0.3 is 5.43 Å². The zero-order chi connectivity index (χ0) is 13.0. The van der Waals surface area contributed by atoms with Crippen LogP contribution in [0.2, 0.25) is 15.1 Å². The average molecular weight is 288 g/mol. The molecular formula is C10H5Cl3N4. The van der Waals surface area contributed by atoms with Crippen LogP contribution in [0.3, 0.4) is 0 Å². The van der Waals surface area contributed by atoms with Gasteiger partial charge in [-0.2, -0.15) is 10.5 Å². The maximum absolute atomic E-state index is 8.79. The number of nitrogens with two attached hydrogens (primary N) is 1. The van der Waals surface area contributed by atoms with E-state index >= 15 is 0 Å². The molecule has 0 saturated carbocycles. The zero-order valence-electron chi connectivity index (χ0n) is 8.26. The monoisotopic (exact) mass is 286 g/mol. The number of hydrogen-bond acceptors (Lipinski definition) is 4. The highest BCUT2D eigenvalue weighted by molar-refractivity contribution is 6.40. The minimum absolute atomic E-state index is 0.0571. The Labute approximate surface area is 113 Å². The van der Waals surface area contributed by atoms with Crippen LogP contribution in [0.5, 0.6) is 0 Å². The lowest BCUT2D eigenvalue weighted by atomic mass is 10.1. The van der Waals surface area contributed by atoms with E-state index in [-0.39, 0.29) is 26.9 Å². The molecule has 0 aromatic heterocycles. The summed E-state index contributed by atoms with van der Waals surface area (Å²) < 4.78 is 0. The normalized spacial score (nSPS) is 9.06. The number of benzene rings is 1. The second-order valence-electron chi connectivity index (χ2n) is 2.86. The van der Waals surface area contributed by atoms with E-state index in [1.807, 2.05) is 0 Å². The molecule has 1 aromatic rings. The molecule has 1 rings (SSSR count). The summed E-state index contributed by atoms with van der Waals surface area (Å²) in [5, 5.41) is 18.3. The maximum Gasteiger partial charge on any atom is 0.154 e. The van der Waals surface area contributed by atoms with Crippen LogP contribution >= 0.6 is 34.8 Å². The van der Waals surface area contributed by atoms with Crippen LogP contribution in [0.1, 0.15) is 5.56 Å². The molecule has 17 heavy (non-hydrogen) atoms. The molecule has 0 saturated heterocycles. The van der Waals surface area contributed by atoms with Crippen molar-refractivity contribution in [3.8, 4) is 12.1 Å². The fraction of sp³-hybridized carbons (Fsp3) is 0. The predicted molar refractivity (Wildman–Crippen MR) is 66.9 cm³/mol. The average Bonchev–Trinajstić information content (AvgIpc) is 2.27. The molecule has 0 aliphatic heterocycles. The van der Waals surface area contributed by atoms with Crippen molar-refractivity contribution in [1.29, 1.82) is 10.5 Å². The number of hydrazine groups is 1. The zero-order valence-corrected chi connectivity index (χ0v) is 10.5. The summed E-state index contributed by atoms with van der Waals surface area (Å²) in [6.07, 6.45) is 0. The van der Waals surface area contributed by atoms with Gasteiger partial charge in [-0.05, 0) is 12.1 Å². The molecule has 0 spiro atoms. The fourth-order valence-electron chi connectivity index (χ4n) is 1.19. The molecule has 0 bridgehead atoms. The first kappa shape index (κ1) is 13.6. The van der Waals surface area contributed by atoms with Gasteiger partial charge in [0.05, 0.1) is 15.7 Å². The van der Waals surface area contributed by atoms with Gasteiger partial charge in [0.2, 0.25) is 0 Å². The third kappa shape index (κ3) is 2.82. The molecule has 0 unspecified atom stereocenters. The Morgan fingerprint density at radius 3 is 1.94 bits per heavy atom. The minimum atomic E-state index is -0.223. The van der Waals surface area contributed by atoms with E-state index in [1.165, 1.54) is 12.1 Å². The molecule has 0 heterocycles. The maximum atomic E-state index is 8.79. The highest BCUT2D eigenvalue weighted by Crippen LogP contribution is 2.33. The molecule has 0 atom stereocenters. The van der Waals surface area contributed by atoms with Crippen molar-refractivity contribution in [3.05, 3.63) is 38.3 Å². The molecule has 1 aromatic carbocycles. The number of halogens is 3. The van der Waals surface area contributed by atoms with E-state index in [2.05, 4.69) is 5.43 Å². The largest absolute Gasteiger partial charge is 0.322 e. The molecule has 4 nitrogen and oxygen atoms in total. The first-order chi connectivity index (χ1) is 8.04. The Bertz CT molecular complexity index is 527. The molecule has 0 aliphatic rings. The van der Waals surface area contributed by atoms with Gasteiger partial charge in [-0.25, -0.2) is 0 Å². The molecule has 0 amide bonds. The highest BCUT2D eigenvalue weighted by atomic mass is 35.5. The van der Waals surface area contributed by atoms with E-state index in [0.717, 1.165) is 0 Å². The number of rotatable bonds is 2. The van der Waals surface area contributed by atoms with Gasteiger partial charge in [0, 0.05) is 10.6 Å². The van der Waals surface area contributed by atoms with E-state index in [9.17, 15) is 0 Å². The van der Waals surface area contributed by atoms with Crippen LogP contribution in [0.4, 0.5) is 0 Å². The van der Waals surface area contributed by atoms with Crippen molar-refractivity contribution in [2.75, 3.05) is 0 Å². The first-order valence-electron chi connectivity index (χ1n) is 4.21. The number of nitriles is 2. The van der Waals surface area contributed by atoms with E-state index < -0.39 is 0 Å². The van der Waals surface area contributed by atoms with Crippen LogP contribution in [0.15, 0.2) is 17.7 Å². The highest BCUT2D eigenvalue weighted by Gasteiger charge is 2.16. The lowest BCUT2D eigenvalue weighted by Gasteiger charge is -2.11. The van der Waals surface area contributed by atoms with Crippen LogP contribution in [-0.2, 0) is 0 Å². The summed E-state index contributed by atoms with van der Waals surface area (Å²) in [4.78, 5) is 0. The molecule has 0 radical (unpaired) electrons. The smallest absolute Gasteiger partial charge is 0.154 e. The summed E-state index contributed by atoms with van der Waals surface area (Å²) in [6, 6.07) is 6.27. The molecule has 7 heteroatoms. The number of hydrogen-bond donors (Lipinski definition) is 2. The summed E-state index contributed by atoms with van der Waals surface area (Å²) in [5.41, 5.74) is 2.34. The Morgan fingerprint density at radius 1 is 1.12 bits per heavy atom. The third-order valence-electron chi connectivity index (χ3n) is 1.87. The predicted octanol–water partition coefficient (Wildman–Crippen LogP) is 2.87. The van der Waals surface area contributed by atoms with Gasteiger partial charge in [-0.15, -0.1) is 0 Å². The van der Waals surface area contributed by atoms with Crippen molar-refractivity contribution in [3.63, 3.8) is 0 Å². The van der Waals surface area contributed by atoms with Crippen molar-refractivity contribution in [2.24, 2.45) is 5.84 Å². The van der Waals surface area contributed by atoms with E-state index in [1.54, 1.807) is 12.1 Å². The van der Waals surface area contributed by atoms with Crippen LogP contribution in [-0.4, -0.2) is 0 Å². The Kier molecular flexibility index (Phi) is 4.62. The summed E-state index contributed by atoms with van der Waals surface area (Å²) in [6.45, 7) is 0. The molecule has 0 fully saturated rings. The standard InChI is InChI=1S/C10H5Cl3N4/c11-6-1-7(12)9(8(13)2-6)10(17-16)5(3-14)4-15/h1-2,17H,16H2. The van der Waals surface area contributed by atoms with Crippen molar-refractivity contribution in [2.45, 2.75) is 0 Å². The molecule has 0 aliphatic carbocycles. The van der Waals surface area contributed by atoms with Crippen molar-refractivity contribution >= 4 is 40.5 Å². The Morgan fingerprint density at radius 2 is 1.59 bits per heavy atom. The third-order valence-corrected chi connectivity index (χ3v) is 2.69. The van der Waals surface area contributed by atoms with Crippen molar-refractivity contribution < 1.29 is 0 Å². The SMILES string of the molecule is N#CC(C#N)=C(NN)c1c(Cl)cc(Cl)cc1Cl. The first-order valence-corrected chi connectivity index (χ1v) is 5.34. The van der Waals surface area contributed by atoms with Crippen LogP contribution in [0, 0.1) is 22.7 Å². The lowest BCUT2D eigenvalue weighted by molar-refractivity contribution is 0.987. The van der Waals surface area contributed by atoms with E-state index in [0.29, 0.717) is 5.02 Å². The summed E-state index contributed by atoms with van der Waals surface area (Å²) >= 11 is 17.6. The fourth-order valence-corrected chi connectivity index (χ4v) is 2.19.